The van der Waals surface area contributed by atoms with Crippen LogP contribution >= 0.6 is 11.8 Å². The number of hydrogen-bond acceptors (Lipinski definition) is 3. The number of rotatable bonds is 4. The maximum absolute atomic E-state index is 5.63. The Kier molecular flexibility index (Phi) is 4.51. The highest BCUT2D eigenvalue weighted by atomic mass is 32.2. The van der Waals surface area contributed by atoms with Crippen molar-refractivity contribution in [1.29, 1.82) is 0 Å². The molecule has 1 aromatic rings. The molecule has 0 amide bonds. The van der Waals surface area contributed by atoms with Crippen LogP contribution < -0.4 is 5.32 Å². The minimum absolute atomic E-state index is 0.396. The minimum Gasteiger partial charge on any atom is -0.375 e. The van der Waals surface area contributed by atoms with E-state index < -0.39 is 0 Å². The molecule has 1 aromatic carbocycles. The molecule has 0 aromatic heterocycles. The summed E-state index contributed by atoms with van der Waals surface area (Å²) >= 11 is 1.95. The quantitative estimate of drug-likeness (QED) is 0.842. The van der Waals surface area contributed by atoms with Gasteiger partial charge in [0, 0.05) is 24.6 Å². The molecule has 15 heavy (non-hydrogen) atoms. The summed E-state index contributed by atoms with van der Waals surface area (Å²) in [5, 5.41) is 3.35. The minimum atomic E-state index is 0.396. The molecule has 0 spiro atoms. The van der Waals surface area contributed by atoms with Crippen molar-refractivity contribution in [2.45, 2.75) is 11.9 Å². The molecule has 0 aliphatic carbocycles. The van der Waals surface area contributed by atoms with Crippen LogP contribution in [0.5, 0.6) is 0 Å². The first-order valence-electron chi connectivity index (χ1n) is 5.39. The fraction of sp³-hybridized carbons (Fsp3) is 0.500. The maximum Gasteiger partial charge on any atom is 0.0790 e. The second kappa shape index (κ2) is 6.16. The van der Waals surface area contributed by atoms with E-state index in [0.29, 0.717) is 6.10 Å². The summed E-state index contributed by atoms with van der Waals surface area (Å²) in [7, 11) is 0. The third-order valence-electron chi connectivity index (χ3n) is 2.42. The molecule has 0 bridgehead atoms. The number of thioether (sulfide) groups is 1. The van der Waals surface area contributed by atoms with Gasteiger partial charge in [0.1, 0.15) is 0 Å². The summed E-state index contributed by atoms with van der Waals surface area (Å²) in [4.78, 5) is 0. The Morgan fingerprint density at radius 3 is 2.93 bits per heavy atom. The first-order valence-corrected chi connectivity index (χ1v) is 6.54. The van der Waals surface area contributed by atoms with E-state index in [0.717, 1.165) is 31.2 Å². The van der Waals surface area contributed by atoms with Crippen LogP contribution in [0.1, 0.15) is 5.56 Å². The van der Waals surface area contributed by atoms with E-state index >= 15 is 0 Å². The van der Waals surface area contributed by atoms with Crippen LogP contribution in [0.3, 0.4) is 0 Å². The largest absolute Gasteiger partial charge is 0.375 e. The highest BCUT2D eigenvalue weighted by Gasteiger charge is 2.12. The van der Waals surface area contributed by atoms with E-state index in [1.165, 1.54) is 5.56 Å². The number of morpholine rings is 1. The van der Waals surface area contributed by atoms with Gasteiger partial charge in [-0.2, -0.15) is 11.8 Å². The molecule has 82 valence electrons. The van der Waals surface area contributed by atoms with Crippen LogP contribution in [0.4, 0.5) is 0 Å². The van der Waals surface area contributed by atoms with E-state index in [4.69, 9.17) is 4.74 Å². The molecular weight excluding hydrogens is 206 g/mol. The van der Waals surface area contributed by atoms with E-state index in [1.807, 2.05) is 11.8 Å². The van der Waals surface area contributed by atoms with Crippen LogP contribution in [0, 0.1) is 0 Å². The average molecular weight is 223 g/mol. The number of ether oxygens (including phenoxy) is 1. The SMILES string of the molecule is c1ccc(CSCC2CNCCO2)cc1. The highest BCUT2D eigenvalue weighted by molar-refractivity contribution is 7.98. The Bertz CT molecular complexity index is 272. The Labute approximate surface area is 95.4 Å². The van der Waals surface area contributed by atoms with Gasteiger partial charge < -0.3 is 10.1 Å². The lowest BCUT2D eigenvalue weighted by Gasteiger charge is -2.23. The second-order valence-electron chi connectivity index (χ2n) is 3.70. The van der Waals surface area contributed by atoms with Gasteiger partial charge in [-0.15, -0.1) is 0 Å². The van der Waals surface area contributed by atoms with Crippen molar-refractivity contribution in [1.82, 2.24) is 5.32 Å². The zero-order valence-electron chi connectivity index (χ0n) is 8.82. The first kappa shape index (κ1) is 11.0. The van der Waals surface area contributed by atoms with Gasteiger partial charge in [0.2, 0.25) is 0 Å². The Hall–Kier alpha value is -0.510. The highest BCUT2D eigenvalue weighted by Crippen LogP contribution is 2.14. The van der Waals surface area contributed by atoms with E-state index in [9.17, 15) is 0 Å². The molecule has 0 saturated carbocycles. The smallest absolute Gasteiger partial charge is 0.0790 e. The van der Waals surface area contributed by atoms with Gasteiger partial charge in [0.05, 0.1) is 12.7 Å². The second-order valence-corrected chi connectivity index (χ2v) is 4.73. The fourth-order valence-electron chi connectivity index (χ4n) is 1.61. The van der Waals surface area contributed by atoms with E-state index in [1.54, 1.807) is 0 Å². The van der Waals surface area contributed by atoms with Crippen molar-refractivity contribution in [2.75, 3.05) is 25.4 Å². The standard InChI is InChI=1S/C12H17NOS/c1-2-4-11(5-3-1)9-15-10-12-8-13-6-7-14-12/h1-5,12-13H,6-10H2. The third-order valence-corrected chi connectivity index (χ3v) is 3.56. The van der Waals surface area contributed by atoms with E-state index in [2.05, 4.69) is 35.6 Å². The Balaban J connectivity index is 1.66. The normalized spacial score (nSPS) is 21.5. The molecule has 1 heterocycles. The van der Waals surface area contributed by atoms with Gasteiger partial charge in [0.25, 0.3) is 0 Å². The summed E-state index contributed by atoms with van der Waals surface area (Å²) in [5.41, 5.74) is 1.39. The molecule has 0 radical (unpaired) electrons. The number of hydrogen-bond donors (Lipinski definition) is 1. The molecule has 1 fully saturated rings. The summed E-state index contributed by atoms with van der Waals surface area (Å²) in [6.07, 6.45) is 0.396. The van der Waals surface area contributed by atoms with Crippen LogP contribution in [-0.4, -0.2) is 31.6 Å². The zero-order chi connectivity index (χ0) is 10.3. The number of benzene rings is 1. The molecule has 1 saturated heterocycles. The lowest BCUT2D eigenvalue weighted by atomic mass is 10.2. The molecule has 2 rings (SSSR count). The molecular formula is C12H17NOS. The van der Waals surface area contributed by atoms with Gasteiger partial charge >= 0.3 is 0 Å². The van der Waals surface area contributed by atoms with Crippen molar-refractivity contribution in [3.63, 3.8) is 0 Å². The Morgan fingerprint density at radius 2 is 2.20 bits per heavy atom. The monoisotopic (exact) mass is 223 g/mol. The lowest BCUT2D eigenvalue weighted by molar-refractivity contribution is 0.0441. The van der Waals surface area contributed by atoms with Crippen LogP contribution in [0.15, 0.2) is 30.3 Å². The molecule has 1 unspecified atom stereocenters. The predicted octanol–water partition coefficient (Wildman–Crippen LogP) is 1.91. The fourth-order valence-corrected chi connectivity index (χ4v) is 2.63. The van der Waals surface area contributed by atoms with Crippen LogP contribution in [0.2, 0.25) is 0 Å². The zero-order valence-corrected chi connectivity index (χ0v) is 9.63. The van der Waals surface area contributed by atoms with Crippen molar-refractivity contribution < 1.29 is 4.74 Å². The molecule has 1 atom stereocenters. The predicted molar refractivity (Wildman–Crippen MR) is 65.2 cm³/mol. The summed E-state index contributed by atoms with van der Waals surface area (Å²) in [6.45, 7) is 2.86. The third kappa shape index (κ3) is 3.86. The Morgan fingerprint density at radius 1 is 1.33 bits per heavy atom. The average Bonchev–Trinajstić information content (AvgIpc) is 2.32. The van der Waals surface area contributed by atoms with Gasteiger partial charge in [-0.05, 0) is 5.56 Å². The molecule has 1 aliphatic heterocycles. The van der Waals surface area contributed by atoms with Crippen molar-refractivity contribution in [3.8, 4) is 0 Å². The van der Waals surface area contributed by atoms with Crippen LogP contribution in [0.25, 0.3) is 0 Å². The molecule has 3 heteroatoms. The van der Waals surface area contributed by atoms with Gasteiger partial charge in [-0.25, -0.2) is 0 Å². The topological polar surface area (TPSA) is 21.3 Å². The van der Waals surface area contributed by atoms with Gasteiger partial charge in [-0.3, -0.25) is 0 Å². The number of nitrogens with one attached hydrogen (secondary N) is 1. The molecule has 1 aliphatic rings. The lowest BCUT2D eigenvalue weighted by Crippen LogP contribution is -2.39. The van der Waals surface area contributed by atoms with Crippen molar-refractivity contribution >= 4 is 11.8 Å². The summed E-state index contributed by atoms with van der Waals surface area (Å²) in [5.74, 6) is 2.17. The van der Waals surface area contributed by atoms with Crippen LogP contribution in [-0.2, 0) is 10.5 Å². The molecule has 2 nitrogen and oxygen atoms in total. The van der Waals surface area contributed by atoms with E-state index in [-0.39, 0.29) is 0 Å². The van der Waals surface area contributed by atoms with Gasteiger partial charge in [-0.1, -0.05) is 30.3 Å². The summed E-state index contributed by atoms with van der Waals surface area (Å²) < 4.78 is 5.63. The molecule has 1 N–H and O–H groups in total. The first-order chi connectivity index (χ1) is 7.45. The maximum atomic E-state index is 5.63. The van der Waals surface area contributed by atoms with Crippen molar-refractivity contribution in [2.24, 2.45) is 0 Å². The summed E-state index contributed by atoms with van der Waals surface area (Å²) in [6, 6.07) is 10.6. The van der Waals surface area contributed by atoms with Crippen molar-refractivity contribution in [3.05, 3.63) is 35.9 Å². The van der Waals surface area contributed by atoms with Gasteiger partial charge in [0.15, 0.2) is 0 Å².